The van der Waals surface area contributed by atoms with Gasteiger partial charge in [0.1, 0.15) is 5.82 Å². The number of nitrogens with zero attached hydrogens (tertiary/aromatic N) is 1. The summed E-state index contributed by atoms with van der Waals surface area (Å²) in [5.74, 6) is -0.507. The van der Waals surface area contributed by atoms with E-state index in [1.807, 2.05) is 6.92 Å². The van der Waals surface area contributed by atoms with E-state index in [1.54, 1.807) is 17.0 Å². The van der Waals surface area contributed by atoms with Crippen molar-refractivity contribution in [2.45, 2.75) is 6.92 Å². The van der Waals surface area contributed by atoms with Crippen molar-refractivity contribution >= 4 is 21.8 Å². The van der Waals surface area contributed by atoms with E-state index in [0.717, 1.165) is 5.33 Å². The maximum absolute atomic E-state index is 12.9. The van der Waals surface area contributed by atoms with Gasteiger partial charge < -0.3 is 4.90 Å². The van der Waals surface area contributed by atoms with Crippen LogP contribution in [0.4, 0.5) is 4.39 Å². The van der Waals surface area contributed by atoms with Crippen molar-refractivity contribution in [2.24, 2.45) is 0 Å². The summed E-state index contributed by atoms with van der Waals surface area (Å²) >= 11 is 3.28. The molecule has 0 atom stereocenters. The quantitative estimate of drug-likeness (QED) is 0.773. The first-order valence-corrected chi connectivity index (χ1v) is 5.92. The molecular weight excluding hydrogens is 261 g/mol. The van der Waals surface area contributed by atoms with Crippen LogP contribution in [0.1, 0.15) is 17.3 Å². The third-order valence-corrected chi connectivity index (χ3v) is 2.45. The third kappa shape index (κ3) is 3.30. The minimum atomic E-state index is -0.379. The second-order valence-corrected chi connectivity index (χ2v) is 3.88. The lowest BCUT2D eigenvalue weighted by Crippen LogP contribution is -2.32. The molecule has 0 unspecified atom stereocenters. The average Bonchev–Trinajstić information content (AvgIpc) is 2.25. The van der Waals surface area contributed by atoms with E-state index in [-0.39, 0.29) is 11.7 Å². The largest absolute Gasteiger partial charge is 0.338 e. The van der Waals surface area contributed by atoms with E-state index in [9.17, 15) is 9.18 Å². The van der Waals surface area contributed by atoms with Crippen molar-refractivity contribution < 1.29 is 9.18 Å². The molecule has 0 fully saturated rings. The SMILES string of the molecule is CCN(CCBr)C(=O)c1cccc(F)c1. The fraction of sp³-hybridized carbons (Fsp3) is 0.364. The Bertz CT molecular complexity index is 343. The standard InChI is InChI=1S/C11H13BrFNO/c1-2-14(7-6-12)11(15)9-4-3-5-10(13)8-9/h3-5,8H,2,6-7H2,1H3. The molecule has 1 aromatic carbocycles. The van der Waals surface area contributed by atoms with Crippen LogP contribution < -0.4 is 0 Å². The number of carbonyl (C=O) groups excluding carboxylic acids is 1. The third-order valence-electron chi connectivity index (χ3n) is 2.09. The zero-order valence-corrected chi connectivity index (χ0v) is 10.1. The monoisotopic (exact) mass is 273 g/mol. The van der Waals surface area contributed by atoms with Gasteiger partial charge >= 0.3 is 0 Å². The van der Waals surface area contributed by atoms with Gasteiger partial charge in [-0.25, -0.2) is 4.39 Å². The second-order valence-electron chi connectivity index (χ2n) is 3.08. The van der Waals surface area contributed by atoms with E-state index in [1.165, 1.54) is 12.1 Å². The molecule has 1 rings (SSSR count). The van der Waals surface area contributed by atoms with Gasteiger partial charge in [0, 0.05) is 24.0 Å². The molecule has 0 radical (unpaired) electrons. The zero-order chi connectivity index (χ0) is 11.3. The van der Waals surface area contributed by atoms with E-state index >= 15 is 0 Å². The highest BCUT2D eigenvalue weighted by atomic mass is 79.9. The highest BCUT2D eigenvalue weighted by Gasteiger charge is 2.13. The van der Waals surface area contributed by atoms with Crippen LogP contribution in [0.15, 0.2) is 24.3 Å². The number of hydrogen-bond acceptors (Lipinski definition) is 1. The molecule has 0 N–H and O–H groups in total. The highest BCUT2D eigenvalue weighted by Crippen LogP contribution is 2.07. The number of benzene rings is 1. The van der Waals surface area contributed by atoms with Crippen molar-refractivity contribution in [2.75, 3.05) is 18.4 Å². The molecule has 0 saturated carbocycles. The number of alkyl halides is 1. The number of amides is 1. The fourth-order valence-corrected chi connectivity index (χ4v) is 1.74. The minimum Gasteiger partial charge on any atom is -0.338 e. The molecular formula is C11H13BrFNO. The summed E-state index contributed by atoms with van der Waals surface area (Å²) in [5.41, 5.74) is 0.401. The first-order valence-electron chi connectivity index (χ1n) is 4.79. The van der Waals surface area contributed by atoms with E-state index < -0.39 is 0 Å². The normalized spacial score (nSPS) is 10.1. The molecule has 1 aromatic rings. The molecule has 0 aromatic heterocycles. The van der Waals surface area contributed by atoms with Crippen LogP contribution in [0.25, 0.3) is 0 Å². The Kier molecular flexibility index (Phi) is 4.75. The van der Waals surface area contributed by atoms with Gasteiger partial charge in [0.2, 0.25) is 0 Å². The van der Waals surface area contributed by atoms with Crippen LogP contribution in [0, 0.1) is 5.82 Å². The van der Waals surface area contributed by atoms with Crippen molar-refractivity contribution in [3.05, 3.63) is 35.6 Å². The van der Waals surface area contributed by atoms with Crippen molar-refractivity contribution in [1.82, 2.24) is 4.90 Å². The summed E-state index contributed by atoms with van der Waals surface area (Å²) in [4.78, 5) is 13.5. The summed E-state index contributed by atoms with van der Waals surface area (Å²) in [5, 5.41) is 0.724. The first-order chi connectivity index (χ1) is 7.19. The Morgan fingerprint density at radius 1 is 1.53 bits per heavy atom. The number of halogens is 2. The van der Waals surface area contributed by atoms with Gasteiger partial charge in [-0.1, -0.05) is 22.0 Å². The molecule has 0 aliphatic heterocycles. The topological polar surface area (TPSA) is 20.3 Å². The Labute approximate surface area is 97.2 Å². The minimum absolute atomic E-state index is 0.128. The van der Waals surface area contributed by atoms with Crippen LogP contribution in [0.5, 0.6) is 0 Å². The van der Waals surface area contributed by atoms with Crippen molar-refractivity contribution in [3.63, 3.8) is 0 Å². The molecule has 4 heteroatoms. The van der Waals surface area contributed by atoms with Gasteiger partial charge in [-0.3, -0.25) is 4.79 Å². The predicted molar refractivity (Wildman–Crippen MR) is 61.8 cm³/mol. The van der Waals surface area contributed by atoms with Crippen LogP contribution in [0.3, 0.4) is 0 Å². The molecule has 0 spiro atoms. The van der Waals surface area contributed by atoms with E-state index in [0.29, 0.717) is 18.7 Å². The maximum atomic E-state index is 12.9. The van der Waals surface area contributed by atoms with Gasteiger partial charge in [-0.2, -0.15) is 0 Å². The summed E-state index contributed by atoms with van der Waals surface area (Å²) in [6, 6.07) is 5.77. The second kappa shape index (κ2) is 5.85. The number of hydrogen-bond donors (Lipinski definition) is 0. The number of carbonyl (C=O) groups is 1. The summed E-state index contributed by atoms with van der Waals surface area (Å²) < 4.78 is 12.9. The Morgan fingerprint density at radius 2 is 2.27 bits per heavy atom. The van der Waals surface area contributed by atoms with Gasteiger partial charge in [-0.05, 0) is 25.1 Å². The van der Waals surface area contributed by atoms with Crippen LogP contribution >= 0.6 is 15.9 Å². The lowest BCUT2D eigenvalue weighted by molar-refractivity contribution is 0.0774. The average molecular weight is 274 g/mol. The molecule has 2 nitrogen and oxygen atoms in total. The smallest absolute Gasteiger partial charge is 0.253 e. The summed E-state index contributed by atoms with van der Waals surface area (Å²) in [6.45, 7) is 3.16. The number of rotatable bonds is 4. The molecule has 0 saturated heterocycles. The van der Waals surface area contributed by atoms with Crippen LogP contribution in [-0.4, -0.2) is 29.2 Å². The lowest BCUT2D eigenvalue weighted by Gasteiger charge is -2.19. The van der Waals surface area contributed by atoms with Gasteiger partial charge in [0.05, 0.1) is 0 Å². The lowest BCUT2D eigenvalue weighted by atomic mass is 10.2. The van der Waals surface area contributed by atoms with Crippen molar-refractivity contribution in [1.29, 1.82) is 0 Å². The first kappa shape index (κ1) is 12.2. The molecule has 1 amide bonds. The molecule has 15 heavy (non-hydrogen) atoms. The van der Waals surface area contributed by atoms with Gasteiger partial charge in [-0.15, -0.1) is 0 Å². The molecule has 0 aliphatic rings. The summed E-state index contributed by atoms with van der Waals surface area (Å²) in [6.07, 6.45) is 0. The van der Waals surface area contributed by atoms with Crippen LogP contribution in [-0.2, 0) is 0 Å². The zero-order valence-electron chi connectivity index (χ0n) is 8.54. The van der Waals surface area contributed by atoms with Gasteiger partial charge in [0.25, 0.3) is 5.91 Å². The Balaban J connectivity index is 2.82. The van der Waals surface area contributed by atoms with E-state index in [2.05, 4.69) is 15.9 Å². The predicted octanol–water partition coefficient (Wildman–Crippen LogP) is 2.68. The highest BCUT2D eigenvalue weighted by molar-refractivity contribution is 9.09. The van der Waals surface area contributed by atoms with Crippen LogP contribution in [0.2, 0.25) is 0 Å². The van der Waals surface area contributed by atoms with Crippen molar-refractivity contribution in [3.8, 4) is 0 Å². The molecule has 0 aliphatic carbocycles. The fourth-order valence-electron chi connectivity index (χ4n) is 1.31. The van der Waals surface area contributed by atoms with E-state index in [4.69, 9.17) is 0 Å². The molecule has 0 heterocycles. The Hall–Kier alpha value is -0.900. The molecule has 82 valence electrons. The Morgan fingerprint density at radius 3 is 2.80 bits per heavy atom. The van der Waals surface area contributed by atoms with Gasteiger partial charge in [0.15, 0.2) is 0 Å². The molecule has 0 bridgehead atoms. The maximum Gasteiger partial charge on any atom is 0.253 e. The summed E-state index contributed by atoms with van der Waals surface area (Å²) in [7, 11) is 0.